The molecule has 1 aromatic heterocycles. The summed E-state index contributed by atoms with van der Waals surface area (Å²) < 4.78 is 7.25. The first-order valence-corrected chi connectivity index (χ1v) is 11.0. The zero-order valence-electron chi connectivity index (χ0n) is 18.0. The molecule has 0 aliphatic heterocycles. The maximum atomic E-state index is 12.4. The van der Waals surface area contributed by atoms with Gasteiger partial charge < -0.3 is 10.1 Å². The van der Waals surface area contributed by atoms with Gasteiger partial charge in [-0.15, -0.1) is 10.2 Å². The van der Waals surface area contributed by atoms with Gasteiger partial charge in [-0.3, -0.25) is 9.36 Å². The molecule has 0 saturated heterocycles. The van der Waals surface area contributed by atoms with E-state index in [9.17, 15) is 4.79 Å². The molecular formula is C23H28N4O2S. The summed E-state index contributed by atoms with van der Waals surface area (Å²) in [6, 6.07) is 16.0. The van der Waals surface area contributed by atoms with E-state index in [0.29, 0.717) is 11.1 Å². The van der Waals surface area contributed by atoms with Gasteiger partial charge in [0.15, 0.2) is 11.0 Å². The highest BCUT2D eigenvalue weighted by Gasteiger charge is 2.18. The molecule has 0 bridgehead atoms. The number of nitrogens with one attached hydrogen (secondary N) is 1. The molecular weight excluding hydrogens is 396 g/mol. The van der Waals surface area contributed by atoms with Gasteiger partial charge in [0, 0.05) is 17.3 Å². The van der Waals surface area contributed by atoms with Crippen LogP contribution in [0.2, 0.25) is 0 Å². The minimum absolute atomic E-state index is 0.00865. The topological polar surface area (TPSA) is 69.0 Å². The van der Waals surface area contributed by atoms with Crippen LogP contribution in [0, 0.1) is 12.8 Å². The number of nitrogens with zero attached hydrogens (tertiary/aromatic N) is 3. The van der Waals surface area contributed by atoms with Crippen LogP contribution in [0.1, 0.15) is 26.3 Å². The summed E-state index contributed by atoms with van der Waals surface area (Å²) in [5.41, 5.74) is 3.05. The normalized spacial score (nSPS) is 12.1. The van der Waals surface area contributed by atoms with Crippen LogP contribution in [-0.2, 0) is 4.79 Å². The maximum Gasteiger partial charge on any atom is 0.230 e. The standard InChI is InChI=1S/C23H28N4O2S/c1-15(2)17(4)24-21(28)14-30-23-26-25-22(18-8-12-20(29-5)13-9-18)27(23)19-10-6-16(3)7-11-19/h6-13,15,17H,14H2,1-5H3,(H,24,28)/t17-/m0/s1. The highest BCUT2D eigenvalue weighted by Crippen LogP contribution is 2.29. The van der Waals surface area contributed by atoms with Crippen molar-refractivity contribution < 1.29 is 9.53 Å². The SMILES string of the molecule is COc1ccc(-c2nnc(SCC(=O)N[C@@H](C)C(C)C)n2-c2ccc(C)cc2)cc1. The first-order valence-electron chi connectivity index (χ1n) is 9.98. The van der Waals surface area contributed by atoms with E-state index >= 15 is 0 Å². The molecule has 1 heterocycles. The molecule has 1 amide bonds. The minimum Gasteiger partial charge on any atom is -0.497 e. The molecule has 158 valence electrons. The number of carbonyl (C=O) groups is 1. The van der Waals surface area contributed by atoms with Crippen molar-refractivity contribution in [3.63, 3.8) is 0 Å². The van der Waals surface area contributed by atoms with Gasteiger partial charge in [-0.2, -0.15) is 0 Å². The number of aryl methyl sites for hydroxylation is 1. The van der Waals surface area contributed by atoms with E-state index in [1.807, 2.05) is 47.9 Å². The van der Waals surface area contributed by atoms with Crippen LogP contribution in [0.5, 0.6) is 5.75 Å². The summed E-state index contributed by atoms with van der Waals surface area (Å²) >= 11 is 1.38. The van der Waals surface area contributed by atoms with Crippen LogP contribution >= 0.6 is 11.8 Å². The zero-order valence-corrected chi connectivity index (χ0v) is 18.9. The van der Waals surface area contributed by atoms with Gasteiger partial charge in [0.1, 0.15) is 5.75 Å². The molecule has 0 saturated carbocycles. The lowest BCUT2D eigenvalue weighted by Gasteiger charge is -2.17. The van der Waals surface area contributed by atoms with Crippen LogP contribution in [0.4, 0.5) is 0 Å². The Hall–Kier alpha value is -2.80. The van der Waals surface area contributed by atoms with Crippen molar-refractivity contribution in [2.45, 2.75) is 38.9 Å². The van der Waals surface area contributed by atoms with E-state index < -0.39 is 0 Å². The smallest absolute Gasteiger partial charge is 0.230 e. The average Bonchev–Trinajstić information content (AvgIpc) is 3.16. The van der Waals surface area contributed by atoms with Crippen LogP contribution < -0.4 is 10.1 Å². The van der Waals surface area contributed by atoms with Gasteiger partial charge >= 0.3 is 0 Å². The van der Waals surface area contributed by atoms with Gasteiger partial charge in [0.05, 0.1) is 12.9 Å². The molecule has 0 unspecified atom stereocenters. The lowest BCUT2D eigenvalue weighted by Crippen LogP contribution is -2.37. The van der Waals surface area contributed by atoms with E-state index in [1.54, 1.807) is 7.11 Å². The van der Waals surface area contributed by atoms with Crippen LogP contribution in [0.15, 0.2) is 53.7 Å². The Balaban J connectivity index is 1.90. The highest BCUT2D eigenvalue weighted by atomic mass is 32.2. The molecule has 2 aromatic carbocycles. The van der Waals surface area contributed by atoms with Gasteiger partial charge in [0.25, 0.3) is 0 Å². The van der Waals surface area contributed by atoms with E-state index in [1.165, 1.54) is 17.3 Å². The third-order valence-electron chi connectivity index (χ3n) is 4.99. The molecule has 0 spiro atoms. The molecule has 0 fully saturated rings. The molecule has 1 atom stereocenters. The number of ether oxygens (including phenoxy) is 1. The number of thioether (sulfide) groups is 1. The van der Waals surface area contributed by atoms with Gasteiger partial charge in [-0.25, -0.2) is 0 Å². The average molecular weight is 425 g/mol. The molecule has 7 heteroatoms. The molecule has 0 radical (unpaired) electrons. The summed E-state index contributed by atoms with van der Waals surface area (Å²) in [6.45, 7) is 8.25. The maximum absolute atomic E-state index is 12.4. The Labute approximate surface area is 182 Å². The minimum atomic E-state index is -0.00865. The summed E-state index contributed by atoms with van der Waals surface area (Å²) in [5, 5.41) is 12.5. The van der Waals surface area contributed by atoms with Crippen LogP contribution in [0.25, 0.3) is 17.1 Å². The number of methoxy groups -OCH3 is 1. The van der Waals surface area contributed by atoms with Crippen molar-refractivity contribution in [3.8, 4) is 22.8 Å². The predicted octanol–water partition coefficient (Wildman–Crippen LogP) is 4.50. The largest absolute Gasteiger partial charge is 0.497 e. The third-order valence-corrected chi connectivity index (χ3v) is 5.92. The first-order chi connectivity index (χ1) is 14.4. The van der Waals surface area contributed by atoms with Crippen molar-refractivity contribution in [3.05, 3.63) is 54.1 Å². The van der Waals surface area contributed by atoms with Crippen LogP contribution in [0.3, 0.4) is 0 Å². The summed E-state index contributed by atoms with van der Waals surface area (Å²) in [5.74, 6) is 2.16. The second-order valence-electron chi connectivity index (χ2n) is 7.59. The number of hydrogen-bond donors (Lipinski definition) is 1. The van der Waals surface area contributed by atoms with E-state index in [4.69, 9.17) is 4.74 Å². The fourth-order valence-corrected chi connectivity index (χ4v) is 3.57. The Bertz CT molecular complexity index is 981. The fourth-order valence-electron chi connectivity index (χ4n) is 2.81. The van der Waals surface area contributed by atoms with Crippen molar-refractivity contribution in [1.29, 1.82) is 0 Å². The fraction of sp³-hybridized carbons (Fsp3) is 0.348. The number of rotatable bonds is 8. The van der Waals surface area contributed by atoms with Crippen molar-refractivity contribution in [2.75, 3.05) is 12.9 Å². The Morgan fingerprint density at radius 3 is 2.33 bits per heavy atom. The highest BCUT2D eigenvalue weighted by molar-refractivity contribution is 7.99. The molecule has 30 heavy (non-hydrogen) atoms. The molecule has 0 aliphatic rings. The monoisotopic (exact) mass is 424 g/mol. The van der Waals surface area contributed by atoms with Crippen molar-refractivity contribution >= 4 is 17.7 Å². The third kappa shape index (κ3) is 5.21. The van der Waals surface area contributed by atoms with Gasteiger partial charge in [0.2, 0.25) is 5.91 Å². The van der Waals surface area contributed by atoms with E-state index in [2.05, 4.69) is 48.4 Å². The second kappa shape index (κ2) is 9.80. The summed E-state index contributed by atoms with van der Waals surface area (Å²) in [4.78, 5) is 12.4. The van der Waals surface area contributed by atoms with Crippen molar-refractivity contribution in [2.24, 2.45) is 5.92 Å². The Kier molecular flexibility index (Phi) is 7.15. The summed E-state index contributed by atoms with van der Waals surface area (Å²) in [6.07, 6.45) is 0. The summed E-state index contributed by atoms with van der Waals surface area (Å²) in [7, 11) is 1.64. The van der Waals surface area contributed by atoms with Crippen LogP contribution in [-0.4, -0.2) is 39.6 Å². The van der Waals surface area contributed by atoms with Gasteiger partial charge in [-0.05, 0) is 56.2 Å². The lowest BCUT2D eigenvalue weighted by molar-refractivity contribution is -0.119. The molecule has 6 nitrogen and oxygen atoms in total. The van der Waals surface area contributed by atoms with E-state index in [-0.39, 0.29) is 17.7 Å². The van der Waals surface area contributed by atoms with Crippen molar-refractivity contribution in [1.82, 2.24) is 20.1 Å². The number of benzene rings is 2. The molecule has 3 aromatic rings. The molecule has 0 aliphatic carbocycles. The predicted molar refractivity (Wildman–Crippen MR) is 121 cm³/mol. The molecule has 1 N–H and O–H groups in total. The Morgan fingerprint density at radius 1 is 1.07 bits per heavy atom. The quantitative estimate of drug-likeness (QED) is 0.539. The van der Waals surface area contributed by atoms with E-state index in [0.717, 1.165) is 22.8 Å². The lowest BCUT2D eigenvalue weighted by atomic mass is 10.1. The number of carbonyl (C=O) groups excluding carboxylic acids is 1. The van der Waals surface area contributed by atoms with Gasteiger partial charge in [-0.1, -0.05) is 43.3 Å². The second-order valence-corrected chi connectivity index (χ2v) is 8.54. The number of aromatic nitrogens is 3. The zero-order chi connectivity index (χ0) is 21.7. The molecule has 3 rings (SSSR count). The number of hydrogen-bond acceptors (Lipinski definition) is 5. The first kappa shape index (κ1) is 21.9. The number of amides is 1. The Morgan fingerprint density at radius 2 is 1.73 bits per heavy atom.